The van der Waals surface area contributed by atoms with Crippen molar-refractivity contribution in [2.75, 3.05) is 26.0 Å². The molecule has 0 aliphatic rings. The molecule has 3 rings (SSSR count). The maximum absolute atomic E-state index is 14.7. The number of ether oxygens (including phenoxy) is 1. The predicted molar refractivity (Wildman–Crippen MR) is 132 cm³/mol. The summed E-state index contributed by atoms with van der Waals surface area (Å²) in [5, 5.41) is 0. The summed E-state index contributed by atoms with van der Waals surface area (Å²) in [5.74, 6) is -1.49. The van der Waals surface area contributed by atoms with Crippen LogP contribution in [0.5, 0.6) is 5.75 Å². The highest BCUT2D eigenvalue weighted by Gasteiger charge is 2.34. The summed E-state index contributed by atoms with van der Waals surface area (Å²) in [7, 11) is -3.66. The van der Waals surface area contributed by atoms with Crippen LogP contribution in [0.25, 0.3) is 0 Å². The first kappa shape index (κ1) is 29.2. The lowest BCUT2D eigenvalue weighted by atomic mass is 10.1. The quantitative estimate of drug-likeness (QED) is 0.163. The van der Waals surface area contributed by atoms with Gasteiger partial charge in [-0.2, -0.15) is 13.2 Å². The molecule has 11 heteroatoms. The van der Waals surface area contributed by atoms with Gasteiger partial charge >= 0.3 is 6.18 Å². The lowest BCUT2D eigenvalue weighted by Gasteiger charge is -2.23. The van der Waals surface area contributed by atoms with E-state index in [2.05, 4.69) is 0 Å². The maximum atomic E-state index is 14.7. The summed E-state index contributed by atoms with van der Waals surface area (Å²) in [6, 6.07) is 13.0. The molecule has 0 heterocycles. The summed E-state index contributed by atoms with van der Waals surface area (Å²) in [6.07, 6.45) is -2.57. The minimum Gasteiger partial charge on any atom is -0.494 e. The van der Waals surface area contributed by atoms with E-state index in [9.17, 15) is 35.2 Å². The first-order valence-corrected chi connectivity index (χ1v) is 13.5. The Bertz CT molecular complexity index is 1360. The van der Waals surface area contributed by atoms with Gasteiger partial charge in [-0.05, 0) is 54.8 Å². The van der Waals surface area contributed by atoms with Crippen molar-refractivity contribution >= 4 is 16.1 Å². The number of hydrogen-bond donors (Lipinski definition) is 0. The molecule has 0 spiro atoms. The Morgan fingerprint density at radius 1 is 0.974 bits per heavy atom. The summed E-state index contributed by atoms with van der Waals surface area (Å²) >= 11 is 0. The van der Waals surface area contributed by atoms with Crippen LogP contribution in [0.1, 0.15) is 33.5 Å². The van der Waals surface area contributed by atoms with Gasteiger partial charge < -0.3 is 4.74 Å². The largest absolute Gasteiger partial charge is 0.494 e. The Morgan fingerprint density at radius 3 is 2.32 bits per heavy atom. The van der Waals surface area contributed by atoms with Crippen molar-refractivity contribution in [1.82, 2.24) is 4.90 Å². The average Bonchev–Trinajstić information content (AvgIpc) is 2.85. The van der Waals surface area contributed by atoms with Gasteiger partial charge in [-0.25, -0.2) is 17.2 Å². The molecule has 0 aliphatic carbocycles. The van der Waals surface area contributed by atoms with Crippen LogP contribution in [0.15, 0.2) is 65.6 Å². The third-order valence-electron chi connectivity index (χ3n) is 5.81. The van der Waals surface area contributed by atoms with Gasteiger partial charge in [0.25, 0.3) is 0 Å². The molecule has 0 saturated carbocycles. The Kier molecular flexibility index (Phi) is 9.61. The smallest absolute Gasteiger partial charge is 0.419 e. The van der Waals surface area contributed by atoms with Crippen LogP contribution in [0.4, 0.5) is 22.0 Å². The Morgan fingerprint density at radius 2 is 1.68 bits per heavy atom. The highest BCUT2D eigenvalue weighted by atomic mass is 32.2. The number of nitrogens with zero attached hydrogens (tertiary/aromatic N) is 1. The van der Waals surface area contributed by atoms with Gasteiger partial charge in [0.2, 0.25) is 0 Å². The van der Waals surface area contributed by atoms with Crippen molar-refractivity contribution in [3.05, 3.63) is 94.6 Å². The lowest BCUT2D eigenvalue weighted by Crippen LogP contribution is -2.28. The molecule has 0 saturated heterocycles. The fourth-order valence-electron chi connectivity index (χ4n) is 3.87. The number of carbonyl (C=O) groups is 1. The molecule has 0 atom stereocenters. The molecule has 0 fully saturated rings. The number of sulfone groups is 1. The van der Waals surface area contributed by atoms with Crippen molar-refractivity contribution < 1.29 is 39.9 Å². The molecule has 204 valence electrons. The van der Waals surface area contributed by atoms with Crippen molar-refractivity contribution in [1.29, 1.82) is 0 Å². The number of carbonyl (C=O) groups excluding carboxylic acids is 1. The second-order valence-corrected chi connectivity index (χ2v) is 10.7. The number of rotatable bonds is 12. The number of alkyl halides is 3. The Labute approximate surface area is 217 Å². The van der Waals surface area contributed by atoms with Crippen LogP contribution in [0.2, 0.25) is 0 Å². The summed E-state index contributed by atoms with van der Waals surface area (Å²) in [6.45, 7) is 0.709. The Hall–Kier alpha value is -3.31. The van der Waals surface area contributed by atoms with E-state index in [1.165, 1.54) is 36.4 Å². The van der Waals surface area contributed by atoms with E-state index in [0.29, 0.717) is 38.3 Å². The fraction of sp³-hybridized carbons (Fsp3) is 0.296. The molecule has 0 aromatic heterocycles. The highest BCUT2D eigenvalue weighted by Crippen LogP contribution is 2.32. The van der Waals surface area contributed by atoms with Crippen molar-refractivity contribution in [2.24, 2.45) is 0 Å². The molecular weight excluding hydrogens is 529 g/mol. The normalized spacial score (nSPS) is 12.1. The van der Waals surface area contributed by atoms with Crippen LogP contribution in [0.3, 0.4) is 0 Å². The molecule has 0 bridgehead atoms. The van der Waals surface area contributed by atoms with Crippen molar-refractivity contribution in [3.8, 4) is 5.75 Å². The molecule has 38 heavy (non-hydrogen) atoms. The van der Waals surface area contributed by atoms with Gasteiger partial charge in [-0.1, -0.05) is 24.3 Å². The first-order chi connectivity index (χ1) is 17.9. The van der Waals surface area contributed by atoms with Crippen LogP contribution in [0, 0.1) is 11.6 Å². The zero-order valence-corrected chi connectivity index (χ0v) is 21.3. The summed E-state index contributed by atoms with van der Waals surface area (Å²) in [5.41, 5.74) is -0.630. The monoisotopic (exact) mass is 555 g/mol. The number of hydrogen-bond acceptors (Lipinski definition) is 5. The van der Waals surface area contributed by atoms with Gasteiger partial charge in [-0.15, -0.1) is 0 Å². The van der Waals surface area contributed by atoms with Crippen molar-refractivity contribution in [2.45, 2.75) is 30.5 Å². The van der Waals surface area contributed by atoms with E-state index < -0.39 is 33.2 Å². The van der Waals surface area contributed by atoms with Gasteiger partial charge in [0.05, 0.1) is 17.1 Å². The van der Waals surface area contributed by atoms with E-state index in [1.54, 1.807) is 17.0 Å². The third kappa shape index (κ3) is 8.09. The molecule has 0 radical (unpaired) electrons. The van der Waals surface area contributed by atoms with E-state index in [0.717, 1.165) is 17.9 Å². The van der Waals surface area contributed by atoms with Crippen LogP contribution < -0.4 is 4.74 Å². The topological polar surface area (TPSA) is 63.7 Å². The molecule has 0 aliphatic heterocycles. The average molecular weight is 556 g/mol. The fourth-order valence-corrected chi connectivity index (χ4v) is 4.75. The highest BCUT2D eigenvalue weighted by molar-refractivity contribution is 7.90. The molecule has 0 N–H and O–H groups in total. The molecule has 0 amide bonds. The second-order valence-electron chi connectivity index (χ2n) is 8.72. The summed E-state index contributed by atoms with van der Waals surface area (Å²) in [4.78, 5) is 12.7. The van der Waals surface area contributed by atoms with E-state index in [-0.39, 0.29) is 34.9 Å². The molecule has 3 aromatic rings. The molecular formula is C27H26F5NO4S. The standard InChI is InChI=1S/C27H26F5NO4S/c1-38(35,36)25-16-23(11-8-21(25)18-34)37-15-3-13-33(14-12-19-6-9-22(28)10-7-19)17-20-4-2-5-24(26(20)29)27(30,31)32/h2,4-11,16,18H,3,12-15,17H2,1H3. The van der Waals surface area contributed by atoms with E-state index in [1.807, 2.05) is 0 Å². The van der Waals surface area contributed by atoms with Gasteiger partial charge in [0.1, 0.15) is 17.4 Å². The number of halogens is 5. The van der Waals surface area contributed by atoms with Gasteiger partial charge in [-0.3, -0.25) is 9.69 Å². The molecule has 0 unspecified atom stereocenters. The van der Waals surface area contributed by atoms with E-state index >= 15 is 0 Å². The minimum atomic E-state index is -4.82. The van der Waals surface area contributed by atoms with Crippen LogP contribution >= 0.6 is 0 Å². The molecule has 5 nitrogen and oxygen atoms in total. The van der Waals surface area contributed by atoms with Gasteiger partial charge in [0, 0.05) is 37.0 Å². The van der Waals surface area contributed by atoms with Crippen LogP contribution in [-0.2, 0) is 29.0 Å². The third-order valence-corrected chi connectivity index (χ3v) is 6.96. The zero-order valence-electron chi connectivity index (χ0n) is 20.5. The number of benzene rings is 3. The SMILES string of the molecule is CS(=O)(=O)c1cc(OCCCN(CCc2ccc(F)cc2)Cc2cccc(C(F)(F)F)c2F)ccc1C=O. The Balaban J connectivity index is 1.70. The predicted octanol–water partition coefficient (Wildman–Crippen LogP) is 5.71. The zero-order chi connectivity index (χ0) is 27.9. The van der Waals surface area contributed by atoms with Gasteiger partial charge in [0.15, 0.2) is 16.1 Å². The summed E-state index contributed by atoms with van der Waals surface area (Å²) < 4.78 is 96.9. The van der Waals surface area contributed by atoms with Crippen LogP contribution in [-0.4, -0.2) is 45.6 Å². The first-order valence-electron chi connectivity index (χ1n) is 11.6. The maximum Gasteiger partial charge on any atom is 0.419 e. The number of aldehydes is 1. The second kappa shape index (κ2) is 12.5. The van der Waals surface area contributed by atoms with E-state index in [4.69, 9.17) is 4.74 Å². The lowest BCUT2D eigenvalue weighted by molar-refractivity contribution is -0.140. The minimum absolute atomic E-state index is 0.00920. The molecule has 3 aromatic carbocycles. The van der Waals surface area contributed by atoms with Crippen molar-refractivity contribution in [3.63, 3.8) is 0 Å².